The standard InChI is InChI=1S/C27H35Cl2N3O4S/c1-3-25(27(34)30-22-12-5-6-13-22)31(19-20-10-4-7-15-24(20)29)26(33)16-9-17-32(37(2,35)36)23-14-8-11-21(28)18-23/h4,7-8,10-11,14-15,18,22,25H,3,5-6,9,12-13,16-17,19H2,1-2H3,(H,30,34). The zero-order chi connectivity index (χ0) is 27.0. The third kappa shape index (κ3) is 8.35. The molecule has 0 saturated heterocycles. The Kier molecular flexibility index (Phi) is 10.7. The summed E-state index contributed by atoms with van der Waals surface area (Å²) in [7, 11) is -3.59. The van der Waals surface area contributed by atoms with Gasteiger partial charge in [-0.3, -0.25) is 13.9 Å². The summed E-state index contributed by atoms with van der Waals surface area (Å²) in [5.41, 5.74) is 1.19. The van der Waals surface area contributed by atoms with Crippen molar-refractivity contribution in [2.45, 2.75) is 70.5 Å². The Bertz CT molecular complexity index is 1190. The van der Waals surface area contributed by atoms with Crippen molar-refractivity contribution in [3.05, 3.63) is 64.1 Å². The minimum Gasteiger partial charge on any atom is -0.352 e. The zero-order valence-corrected chi connectivity index (χ0v) is 23.7. The minimum absolute atomic E-state index is 0.0737. The van der Waals surface area contributed by atoms with Crippen LogP contribution in [0.5, 0.6) is 0 Å². The molecule has 202 valence electrons. The first-order valence-corrected chi connectivity index (χ1v) is 15.3. The van der Waals surface area contributed by atoms with Gasteiger partial charge in [-0.1, -0.05) is 67.2 Å². The molecule has 2 aromatic rings. The lowest BCUT2D eigenvalue weighted by molar-refractivity contribution is -0.141. The average Bonchev–Trinajstić information content (AvgIpc) is 3.35. The quantitative estimate of drug-likeness (QED) is 0.371. The SMILES string of the molecule is CCC(C(=O)NC1CCCC1)N(Cc1ccccc1Cl)C(=O)CCCN(c1cccc(Cl)c1)S(C)(=O)=O. The number of halogens is 2. The number of sulfonamides is 1. The summed E-state index contributed by atoms with van der Waals surface area (Å²) in [6.45, 7) is 2.19. The molecule has 0 radical (unpaired) electrons. The summed E-state index contributed by atoms with van der Waals surface area (Å²) in [6, 6.07) is 13.3. The highest BCUT2D eigenvalue weighted by Gasteiger charge is 2.31. The summed E-state index contributed by atoms with van der Waals surface area (Å²) in [4.78, 5) is 28.4. The molecule has 1 aliphatic rings. The molecule has 1 atom stereocenters. The Morgan fingerprint density at radius 3 is 2.41 bits per heavy atom. The van der Waals surface area contributed by atoms with Crippen molar-refractivity contribution in [3.8, 4) is 0 Å². The van der Waals surface area contributed by atoms with E-state index in [-0.39, 0.29) is 43.8 Å². The predicted octanol–water partition coefficient (Wildman–Crippen LogP) is 5.41. The van der Waals surface area contributed by atoms with Crippen molar-refractivity contribution in [1.82, 2.24) is 10.2 Å². The second-order valence-electron chi connectivity index (χ2n) is 9.45. The smallest absolute Gasteiger partial charge is 0.243 e. The van der Waals surface area contributed by atoms with Crippen molar-refractivity contribution >= 4 is 50.7 Å². The zero-order valence-electron chi connectivity index (χ0n) is 21.3. The van der Waals surface area contributed by atoms with Gasteiger partial charge in [0.25, 0.3) is 0 Å². The summed E-state index contributed by atoms with van der Waals surface area (Å²) in [5, 5.41) is 4.07. The van der Waals surface area contributed by atoms with E-state index in [0.717, 1.165) is 37.5 Å². The normalized spacial score (nSPS) is 14.8. The second kappa shape index (κ2) is 13.5. The maximum absolute atomic E-state index is 13.5. The highest BCUT2D eigenvalue weighted by Crippen LogP contribution is 2.24. The number of rotatable bonds is 12. The molecule has 1 N–H and O–H groups in total. The minimum atomic E-state index is -3.59. The van der Waals surface area contributed by atoms with Gasteiger partial charge < -0.3 is 10.2 Å². The Morgan fingerprint density at radius 2 is 1.78 bits per heavy atom. The predicted molar refractivity (Wildman–Crippen MR) is 149 cm³/mol. The van der Waals surface area contributed by atoms with Crippen LogP contribution in [-0.4, -0.2) is 50.0 Å². The van der Waals surface area contributed by atoms with Crippen molar-refractivity contribution in [2.24, 2.45) is 0 Å². The first-order chi connectivity index (χ1) is 17.6. The molecule has 3 rings (SSSR count). The molecule has 0 bridgehead atoms. The first-order valence-electron chi connectivity index (χ1n) is 12.7. The molecule has 2 amide bonds. The number of hydrogen-bond acceptors (Lipinski definition) is 4. The third-order valence-electron chi connectivity index (χ3n) is 6.63. The number of amides is 2. The van der Waals surface area contributed by atoms with E-state index in [1.165, 1.54) is 4.31 Å². The molecule has 0 heterocycles. The lowest BCUT2D eigenvalue weighted by atomic mass is 10.1. The van der Waals surface area contributed by atoms with E-state index in [2.05, 4.69) is 5.32 Å². The summed E-state index contributed by atoms with van der Waals surface area (Å²) < 4.78 is 26.2. The maximum Gasteiger partial charge on any atom is 0.243 e. The maximum atomic E-state index is 13.5. The van der Waals surface area contributed by atoms with Crippen molar-refractivity contribution in [3.63, 3.8) is 0 Å². The number of carbonyl (C=O) groups excluding carboxylic acids is 2. The Labute approximate surface area is 230 Å². The average molecular weight is 569 g/mol. The van der Waals surface area contributed by atoms with Crippen LogP contribution in [0.1, 0.15) is 57.4 Å². The van der Waals surface area contributed by atoms with Crippen LogP contribution in [0.2, 0.25) is 10.0 Å². The molecular formula is C27H35Cl2N3O4S. The van der Waals surface area contributed by atoms with E-state index in [1.807, 2.05) is 25.1 Å². The fraction of sp³-hybridized carbons (Fsp3) is 0.481. The van der Waals surface area contributed by atoms with Gasteiger partial charge in [0.2, 0.25) is 21.8 Å². The summed E-state index contributed by atoms with van der Waals surface area (Å²) in [6.07, 6.45) is 6.01. The van der Waals surface area contributed by atoms with E-state index in [4.69, 9.17) is 23.2 Å². The molecule has 1 aliphatic carbocycles. The third-order valence-corrected chi connectivity index (χ3v) is 8.43. The van der Waals surface area contributed by atoms with Crippen LogP contribution in [-0.2, 0) is 26.2 Å². The molecule has 0 spiro atoms. The molecule has 7 nitrogen and oxygen atoms in total. The van der Waals surface area contributed by atoms with Gasteiger partial charge in [-0.15, -0.1) is 0 Å². The molecule has 0 aromatic heterocycles. The van der Waals surface area contributed by atoms with Crippen molar-refractivity contribution < 1.29 is 18.0 Å². The Morgan fingerprint density at radius 1 is 1.08 bits per heavy atom. The fourth-order valence-corrected chi connectivity index (χ4v) is 6.07. The number of benzene rings is 2. The lowest BCUT2D eigenvalue weighted by Gasteiger charge is -2.32. The molecule has 10 heteroatoms. The number of nitrogens with one attached hydrogen (secondary N) is 1. The van der Waals surface area contributed by atoms with E-state index in [1.54, 1.807) is 35.2 Å². The second-order valence-corrected chi connectivity index (χ2v) is 12.2. The van der Waals surface area contributed by atoms with Gasteiger partial charge in [0, 0.05) is 35.6 Å². The molecule has 1 fully saturated rings. The van der Waals surface area contributed by atoms with Crippen LogP contribution in [0.3, 0.4) is 0 Å². The van der Waals surface area contributed by atoms with Gasteiger partial charge in [0.05, 0.1) is 11.9 Å². The highest BCUT2D eigenvalue weighted by molar-refractivity contribution is 7.92. The number of nitrogens with zero attached hydrogens (tertiary/aromatic N) is 2. The Balaban J connectivity index is 1.76. The monoisotopic (exact) mass is 567 g/mol. The van der Waals surface area contributed by atoms with Crippen LogP contribution < -0.4 is 9.62 Å². The van der Waals surface area contributed by atoms with E-state index in [9.17, 15) is 18.0 Å². The van der Waals surface area contributed by atoms with Crippen LogP contribution in [0, 0.1) is 0 Å². The summed E-state index contributed by atoms with van der Waals surface area (Å²) >= 11 is 12.5. The van der Waals surface area contributed by atoms with Gasteiger partial charge >= 0.3 is 0 Å². The first kappa shape index (κ1) is 29.3. The van der Waals surface area contributed by atoms with Crippen LogP contribution in [0.25, 0.3) is 0 Å². The lowest BCUT2D eigenvalue weighted by Crippen LogP contribution is -2.51. The van der Waals surface area contributed by atoms with E-state index in [0.29, 0.717) is 22.2 Å². The van der Waals surface area contributed by atoms with Crippen molar-refractivity contribution in [2.75, 3.05) is 17.1 Å². The molecule has 2 aromatic carbocycles. The van der Waals surface area contributed by atoms with Crippen molar-refractivity contribution in [1.29, 1.82) is 0 Å². The van der Waals surface area contributed by atoms with Crippen LogP contribution in [0.15, 0.2) is 48.5 Å². The fourth-order valence-electron chi connectivity index (χ4n) is 4.73. The van der Waals surface area contributed by atoms with Gasteiger partial charge in [-0.05, 0) is 55.5 Å². The van der Waals surface area contributed by atoms with Gasteiger partial charge in [0.1, 0.15) is 6.04 Å². The number of carbonyl (C=O) groups is 2. The topological polar surface area (TPSA) is 86.8 Å². The van der Waals surface area contributed by atoms with Crippen LogP contribution in [0.4, 0.5) is 5.69 Å². The van der Waals surface area contributed by atoms with E-state index >= 15 is 0 Å². The summed E-state index contributed by atoms with van der Waals surface area (Å²) in [5.74, 6) is -0.389. The highest BCUT2D eigenvalue weighted by atomic mass is 35.5. The largest absolute Gasteiger partial charge is 0.352 e. The number of hydrogen-bond donors (Lipinski definition) is 1. The van der Waals surface area contributed by atoms with Gasteiger partial charge in [-0.25, -0.2) is 8.42 Å². The van der Waals surface area contributed by atoms with Gasteiger partial charge in [-0.2, -0.15) is 0 Å². The van der Waals surface area contributed by atoms with E-state index < -0.39 is 16.1 Å². The molecular weight excluding hydrogens is 533 g/mol. The number of anilines is 1. The molecule has 1 unspecified atom stereocenters. The van der Waals surface area contributed by atoms with Gasteiger partial charge in [0.15, 0.2) is 0 Å². The molecule has 37 heavy (non-hydrogen) atoms. The molecule has 0 aliphatic heterocycles. The molecule has 1 saturated carbocycles. The Hall–Kier alpha value is -2.29. The van der Waals surface area contributed by atoms with Crippen LogP contribution >= 0.6 is 23.2 Å².